The number of phosphoric acid groups is 1. The van der Waals surface area contributed by atoms with Crippen molar-refractivity contribution in [2.24, 2.45) is 0 Å². The highest BCUT2D eigenvalue weighted by Crippen LogP contribution is 2.38. The second kappa shape index (κ2) is 64.4. The second-order valence-electron chi connectivity index (χ2n) is 25.7. The fourth-order valence-corrected chi connectivity index (χ4v) is 11.2. The molecule has 496 valence electrons. The minimum absolute atomic E-state index is 0.0274. The lowest BCUT2D eigenvalue weighted by Crippen LogP contribution is -2.47. The first-order valence-corrected chi connectivity index (χ1v) is 37.7. The highest BCUT2D eigenvalue weighted by atomic mass is 31.2. The van der Waals surface area contributed by atoms with Crippen LogP contribution in [0.1, 0.15) is 342 Å². The molecule has 1 amide bonds. The highest BCUT2D eigenvalue weighted by Gasteiger charge is 2.27. The summed E-state index contributed by atoms with van der Waals surface area (Å²) in [6.07, 6.45) is 84.5. The van der Waals surface area contributed by atoms with Gasteiger partial charge in [0.2, 0.25) is 5.91 Å². The fraction of sp³-hybridized carbons (Fsp3) is 0.813. The molecule has 0 aliphatic heterocycles. The lowest BCUT2D eigenvalue weighted by atomic mass is 10.0. The van der Waals surface area contributed by atoms with Crippen LogP contribution in [0.25, 0.3) is 0 Å². The number of hydrogen-bond donors (Lipinski definition) is 1. The van der Waals surface area contributed by atoms with Crippen LogP contribution in [-0.4, -0.2) is 69.4 Å². The Balaban J connectivity index is 5.11. The van der Waals surface area contributed by atoms with Gasteiger partial charge in [-0.15, -0.1) is 0 Å². The Morgan fingerprint density at radius 3 is 1.11 bits per heavy atom. The van der Waals surface area contributed by atoms with E-state index < -0.39 is 26.6 Å². The van der Waals surface area contributed by atoms with Gasteiger partial charge in [0, 0.05) is 12.8 Å². The number of likely N-dealkylation sites (N-methyl/N-ethyl adjacent to an activating group) is 1. The summed E-state index contributed by atoms with van der Waals surface area (Å²) in [7, 11) is 1.18. The Kier molecular flexibility index (Phi) is 62.5. The number of phosphoric ester groups is 1. The summed E-state index contributed by atoms with van der Waals surface area (Å²) < 4.78 is 30.5. The number of esters is 1. The van der Waals surface area contributed by atoms with Gasteiger partial charge >= 0.3 is 5.97 Å². The number of allylic oxidation sites excluding steroid dienone is 11. The molecule has 0 aromatic carbocycles. The van der Waals surface area contributed by atoms with E-state index in [1.165, 1.54) is 212 Å². The van der Waals surface area contributed by atoms with Gasteiger partial charge in [0.1, 0.15) is 19.3 Å². The molecule has 3 atom stereocenters. The maximum Gasteiger partial charge on any atom is 0.306 e. The normalized spacial score (nSPS) is 13.9. The molecule has 0 aromatic rings. The number of carbonyl (C=O) groups is 2. The Bertz CT molecular complexity index is 1680. The molecule has 1 N–H and O–H groups in total. The zero-order valence-electron chi connectivity index (χ0n) is 56.8. The van der Waals surface area contributed by atoms with Crippen molar-refractivity contribution in [3.63, 3.8) is 0 Å². The van der Waals surface area contributed by atoms with Crippen LogP contribution in [0.2, 0.25) is 0 Å². The van der Waals surface area contributed by atoms with E-state index in [2.05, 4.69) is 86.8 Å². The Morgan fingerprint density at radius 1 is 0.412 bits per heavy atom. The predicted octanol–water partition coefficient (Wildman–Crippen LogP) is 22.5. The van der Waals surface area contributed by atoms with Crippen molar-refractivity contribution < 1.29 is 37.3 Å². The predicted molar refractivity (Wildman–Crippen MR) is 367 cm³/mol. The lowest BCUT2D eigenvalue weighted by molar-refractivity contribution is -0.870. The van der Waals surface area contributed by atoms with Crippen molar-refractivity contribution in [3.05, 3.63) is 72.9 Å². The molecule has 0 aromatic heterocycles. The van der Waals surface area contributed by atoms with Crippen molar-refractivity contribution in [1.29, 1.82) is 0 Å². The quantitative estimate of drug-likeness (QED) is 0.0212. The molecule has 9 nitrogen and oxygen atoms in total. The molecule has 0 heterocycles. The molecule has 85 heavy (non-hydrogen) atoms. The fourth-order valence-electron chi connectivity index (χ4n) is 10.5. The molecule has 0 saturated carbocycles. The van der Waals surface area contributed by atoms with E-state index in [1.807, 2.05) is 33.3 Å². The average molecular weight is 1210 g/mol. The van der Waals surface area contributed by atoms with Gasteiger partial charge in [0.05, 0.1) is 33.8 Å². The van der Waals surface area contributed by atoms with E-state index >= 15 is 0 Å². The van der Waals surface area contributed by atoms with Crippen molar-refractivity contribution in [3.8, 4) is 0 Å². The summed E-state index contributed by atoms with van der Waals surface area (Å²) in [5, 5.41) is 3.04. The minimum Gasteiger partial charge on any atom is -0.756 e. The molecule has 0 aliphatic rings. The van der Waals surface area contributed by atoms with Crippen LogP contribution in [0, 0.1) is 0 Å². The van der Waals surface area contributed by atoms with Crippen LogP contribution in [0.15, 0.2) is 72.9 Å². The van der Waals surface area contributed by atoms with Crippen molar-refractivity contribution >= 4 is 19.7 Å². The zero-order valence-corrected chi connectivity index (χ0v) is 57.7. The topological polar surface area (TPSA) is 114 Å². The van der Waals surface area contributed by atoms with E-state index in [0.29, 0.717) is 17.4 Å². The van der Waals surface area contributed by atoms with Gasteiger partial charge in [-0.05, 0) is 102 Å². The summed E-state index contributed by atoms with van der Waals surface area (Å²) in [6.45, 7) is 6.84. The summed E-state index contributed by atoms with van der Waals surface area (Å²) in [5.74, 6) is -0.551. The standard InChI is InChI=1S/C75H139N2O7P/c1-7-10-13-16-19-22-25-28-30-32-34-36-37-38-39-41-43-45-47-50-53-56-59-62-65-68-75(79)84-73(66-63-60-57-54-51-48-27-24-21-18-15-12-9-3)72(71-83-85(80,81)82-70-69-77(4,5)6)76-74(78)67-64-61-58-55-52-49-46-44-42-40-35-33-31-29-26-23-20-17-14-11-8-2/h20,23,28-31,35,40,44,46,63,66,72-73H,7-19,21-22,24-27,32-34,36-39,41-43,45,47-62,64-65,67-71H2,1-6H3,(H-,76,78,80,81)/b23-20-,30-28+,31-29-,40-35-,46-44-,66-63+. The van der Waals surface area contributed by atoms with Crippen molar-refractivity contribution in [1.82, 2.24) is 5.32 Å². The Labute approximate surface area is 527 Å². The van der Waals surface area contributed by atoms with Gasteiger partial charge in [-0.2, -0.15) is 0 Å². The first-order chi connectivity index (χ1) is 41.4. The number of quaternary nitrogens is 1. The summed E-state index contributed by atoms with van der Waals surface area (Å²) in [5.41, 5.74) is 0. The van der Waals surface area contributed by atoms with Gasteiger partial charge in [-0.25, -0.2) is 0 Å². The van der Waals surface area contributed by atoms with Crippen molar-refractivity contribution in [2.75, 3.05) is 40.9 Å². The number of nitrogens with one attached hydrogen (secondary N) is 1. The first kappa shape index (κ1) is 82.5. The molecule has 0 fully saturated rings. The number of unbranched alkanes of at least 4 members (excludes halogenated alkanes) is 40. The van der Waals surface area contributed by atoms with Gasteiger partial charge in [-0.3, -0.25) is 14.2 Å². The molecule has 10 heteroatoms. The van der Waals surface area contributed by atoms with Crippen molar-refractivity contribution in [2.45, 2.75) is 354 Å². The lowest BCUT2D eigenvalue weighted by Gasteiger charge is -2.30. The molecule has 0 radical (unpaired) electrons. The molecule has 0 spiro atoms. The van der Waals surface area contributed by atoms with Crippen LogP contribution in [0.3, 0.4) is 0 Å². The summed E-state index contributed by atoms with van der Waals surface area (Å²) >= 11 is 0. The molecule has 0 rings (SSSR count). The number of carbonyl (C=O) groups excluding carboxylic acids is 2. The van der Waals surface area contributed by atoms with Crippen LogP contribution in [-0.2, 0) is 27.9 Å². The van der Waals surface area contributed by atoms with Gasteiger partial charge in [0.25, 0.3) is 7.82 Å². The van der Waals surface area contributed by atoms with Crippen LogP contribution < -0.4 is 10.2 Å². The van der Waals surface area contributed by atoms with Gasteiger partial charge in [0.15, 0.2) is 0 Å². The zero-order chi connectivity index (χ0) is 62.1. The van der Waals surface area contributed by atoms with Crippen LogP contribution in [0.4, 0.5) is 0 Å². The van der Waals surface area contributed by atoms with E-state index in [-0.39, 0.29) is 24.9 Å². The van der Waals surface area contributed by atoms with E-state index in [1.54, 1.807) is 0 Å². The maximum atomic E-state index is 13.6. The molecular formula is C75H139N2O7P. The van der Waals surface area contributed by atoms with E-state index in [0.717, 1.165) is 96.3 Å². The third-order valence-electron chi connectivity index (χ3n) is 16.1. The summed E-state index contributed by atoms with van der Waals surface area (Å²) in [6, 6.07) is -0.901. The number of hydrogen-bond acceptors (Lipinski definition) is 7. The monoisotopic (exact) mass is 1210 g/mol. The molecule has 0 bridgehead atoms. The largest absolute Gasteiger partial charge is 0.756 e. The number of nitrogens with zero attached hydrogens (tertiary/aromatic N) is 1. The van der Waals surface area contributed by atoms with E-state index in [9.17, 15) is 19.0 Å². The van der Waals surface area contributed by atoms with Gasteiger partial charge < -0.3 is 28.5 Å². The number of amides is 1. The maximum absolute atomic E-state index is 13.6. The smallest absolute Gasteiger partial charge is 0.306 e. The SMILES string of the molecule is CCCCC/C=C\C/C=C\C/C=C\C/C=C\CCCCCCCC(=O)NC(COP(=O)([O-])OCC[N+](C)(C)C)C(/C=C/CCCCCCCCCCCCC)OC(=O)CCCCCCCCCCCCCCCCC/C=C/CCCCCCCC. The number of rotatable bonds is 66. The second-order valence-corrected chi connectivity index (χ2v) is 27.1. The average Bonchev–Trinajstić information content (AvgIpc) is 3.50. The Hall–Kier alpha value is -2.55. The third kappa shape index (κ3) is 65.7. The first-order valence-electron chi connectivity index (χ1n) is 36.2. The minimum atomic E-state index is -4.71. The van der Waals surface area contributed by atoms with Crippen LogP contribution >= 0.6 is 7.82 Å². The molecule has 3 unspecified atom stereocenters. The Morgan fingerprint density at radius 2 is 0.718 bits per heavy atom. The third-order valence-corrected chi connectivity index (χ3v) is 17.1. The molecular weight excluding hydrogens is 1070 g/mol. The summed E-state index contributed by atoms with van der Waals surface area (Å²) in [4.78, 5) is 40.2. The molecule has 0 saturated heterocycles. The van der Waals surface area contributed by atoms with E-state index in [4.69, 9.17) is 13.8 Å². The van der Waals surface area contributed by atoms with Gasteiger partial charge in [-0.1, -0.05) is 299 Å². The number of ether oxygens (including phenoxy) is 1. The van der Waals surface area contributed by atoms with Crippen LogP contribution in [0.5, 0.6) is 0 Å². The molecule has 0 aliphatic carbocycles. The highest BCUT2D eigenvalue weighted by molar-refractivity contribution is 7.45.